The molecular formula is C27H34FN7O3. The quantitative estimate of drug-likeness (QED) is 0.211. The van der Waals surface area contributed by atoms with Gasteiger partial charge in [-0.25, -0.2) is 9.37 Å². The average Bonchev–Trinajstić information content (AvgIpc) is 3.29. The summed E-state index contributed by atoms with van der Waals surface area (Å²) < 4.78 is 13.1. The van der Waals surface area contributed by atoms with E-state index in [1.54, 1.807) is 31.5 Å². The van der Waals surface area contributed by atoms with Crippen LogP contribution in [0.5, 0.6) is 0 Å². The summed E-state index contributed by atoms with van der Waals surface area (Å²) in [6.45, 7) is 1.15. The van der Waals surface area contributed by atoms with Crippen molar-refractivity contribution in [2.75, 3.05) is 51.4 Å². The number of nitrogens with one attached hydrogen (secondary N) is 3. The second-order valence-electron chi connectivity index (χ2n) is 9.09. The summed E-state index contributed by atoms with van der Waals surface area (Å²) in [4.78, 5) is 37.2. The van der Waals surface area contributed by atoms with E-state index in [1.165, 1.54) is 23.1 Å². The van der Waals surface area contributed by atoms with Crippen molar-refractivity contribution in [2.24, 2.45) is 0 Å². The molecule has 11 heteroatoms. The van der Waals surface area contributed by atoms with Gasteiger partial charge in [0.1, 0.15) is 17.7 Å². The van der Waals surface area contributed by atoms with Gasteiger partial charge in [0.2, 0.25) is 17.8 Å². The summed E-state index contributed by atoms with van der Waals surface area (Å²) in [6.07, 6.45) is 5.43. The highest BCUT2D eigenvalue weighted by Gasteiger charge is 2.37. The molecule has 0 unspecified atom stereocenters. The Bertz CT molecular complexity index is 1190. The summed E-state index contributed by atoms with van der Waals surface area (Å²) in [5, 5.41) is 18.9. The van der Waals surface area contributed by atoms with Crippen LogP contribution in [0.15, 0.2) is 42.6 Å². The monoisotopic (exact) mass is 523 g/mol. The molecule has 0 bridgehead atoms. The average molecular weight is 524 g/mol. The highest BCUT2D eigenvalue weighted by atomic mass is 19.1. The number of aliphatic hydroxyl groups excluding tert-OH is 1. The summed E-state index contributed by atoms with van der Waals surface area (Å²) in [7, 11) is 5.53. The highest BCUT2D eigenvalue weighted by molar-refractivity contribution is 5.93. The molecule has 1 aromatic carbocycles. The molecule has 2 heterocycles. The molecule has 0 radical (unpaired) electrons. The SMILES string of the molecule is CNc1nc(Nc2ccc(F)cc2)ncc1C#CCCCNC(=O)[C@@H]1C[C@@H](O)CN1C(=O)C=CCN(C)C. The Hall–Kier alpha value is -4.01. The lowest BCUT2D eigenvalue weighted by atomic mass is 10.2. The van der Waals surface area contributed by atoms with Crippen molar-refractivity contribution in [3.05, 3.63) is 54.0 Å². The third-order valence-electron chi connectivity index (χ3n) is 5.72. The molecule has 0 aliphatic carbocycles. The van der Waals surface area contributed by atoms with Gasteiger partial charge >= 0.3 is 0 Å². The molecule has 3 rings (SSSR count). The molecule has 38 heavy (non-hydrogen) atoms. The molecule has 202 valence electrons. The van der Waals surface area contributed by atoms with Crippen molar-refractivity contribution in [1.29, 1.82) is 0 Å². The molecule has 0 saturated carbocycles. The standard InChI is InChI=1S/C27H34FN7O3/c1-29-25-19(17-31-27(33-25)32-21-12-10-20(28)11-13-21)8-5-4-6-14-30-26(38)23-16-22(36)18-35(23)24(37)9-7-15-34(2)3/h7,9-13,17,22-23,36H,4,6,14-16,18H2,1-3H3,(H,30,38)(H2,29,31,32,33)/t22-,23+/m1/s1. The molecule has 2 amide bonds. The topological polar surface area (TPSA) is 123 Å². The molecule has 0 spiro atoms. The first kappa shape index (κ1) is 28.6. The number of anilines is 3. The van der Waals surface area contributed by atoms with Crippen LogP contribution in [0.1, 0.15) is 24.8 Å². The lowest BCUT2D eigenvalue weighted by Crippen LogP contribution is -2.45. The lowest BCUT2D eigenvalue weighted by Gasteiger charge is -2.22. The number of β-amino-alcohol motifs (C(OH)–C–C–N with tert-alkyl or cyclic N) is 1. The van der Waals surface area contributed by atoms with Crippen LogP contribution in [0.25, 0.3) is 0 Å². The molecule has 1 aromatic heterocycles. The first-order valence-electron chi connectivity index (χ1n) is 12.4. The van der Waals surface area contributed by atoms with Crippen molar-refractivity contribution >= 4 is 29.3 Å². The second-order valence-corrected chi connectivity index (χ2v) is 9.09. The third kappa shape index (κ3) is 8.54. The van der Waals surface area contributed by atoms with Crippen LogP contribution in [0.2, 0.25) is 0 Å². The van der Waals surface area contributed by atoms with E-state index in [4.69, 9.17) is 0 Å². The van der Waals surface area contributed by atoms with Crippen LogP contribution >= 0.6 is 0 Å². The number of nitrogens with zero attached hydrogens (tertiary/aromatic N) is 4. The highest BCUT2D eigenvalue weighted by Crippen LogP contribution is 2.19. The second kappa shape index (κ2) is 14.1. The van der Waals surface area contributed by atoms with Gasteiger partial charge in [-0.15, -0.1) is 0 Å². The van der Waals surface area contributed by atoms with Crippen LogP contribution < -0.4 is 16.0 Å². The Morgan fingerprint density at radius 1 is 1.29 bits per heavy atom. The van der Waals surface area contributed by atoms with E-state index >= 15 is 0 Å². The Morgan fingerprint density at radius 2 is 2.05 bits per heavy atom. The number of rotatable bonds is 10. The van der Waals surface area contributed by atoms with Crippen LogP contribution in [-0.2, 0) is 9.59 Å². The minimum Gasteiger partial charge on any atom is -0.391 e. The van der Waals surface area contributed by atoms with E-state index in [0.29, 0.717) is 48.9 Å². The fourth-order valence-corrected chi connectivity index (χ4v) is 3.82. The van der Waals surface area contributed by atoms with Gasteiger partial charge in [-0.05, 0) is 44.8 Å². The van der Waals surface area contributed by atoms with Crippen molar-refractivity contribution < 1.29 is 19.1 Å². The van der Waals surface area contributed by atoms with Crippen molar-refractivity contribution in [3.63, 3.8) is 0 Å². The Kier molecular flexibility index (Phi) is 10.6. The van der Waals surface area contributed by atoms with Crippen molar-refractivity contribution in [3.8, 4) is 11.8 Å². The lowest BCUT2D eigenvalue weighted by molar-refractivity contribution is -0.135. The van der Waals surface area contributed by atoms with Crippen LogP contribution in [0, 0.1) is 17.7 Å². The van der Waals surface area contributed by atoms with E-state index in [9.17, 15) is 19.1 Å². The molecule has 1 fully saturated rings. The number of carbonyl (C=O) groups is 2. The molecule has 1 saturated heterocycles. The number of unbranched alkanes of at least 4 members (excludes halogenated alkanes) is 1. The molecule has 10 nitrogen and oxygen atoms in total. The van der Waals surface area contributed by atoms with Gasteiger partial charge in [-0.2, -0.15) is 4.98 Å². The predicted molar refractivity (Wildman–Crippen MR) is 144 cm³/mol. The fraction of sp³-hybridized carbons (Fsp3) is 0.407. The Labute approximate surface area is 222 Å². The van der Waals surface area contributed by atoms with Gasteiger partial charge in [0.05, 0.1) is 17.9 Å². The molecular weight excluding hydrogens is 489 g/mol. The maximum Gasteiger partial charge on any atom is 0.247 e. The first-order chi connectivity index (χ1) is 18.3. The third-order valence-corrected chi connectivity index (χ3v) is 5.72. The predicted octanol–water partition coefficient (Wildman–Crippen LogP) is 1.73. The summed E-state index contributed by atoms with van der Waals surface area (Å²) in [6, 6.07) is 5.20. The minimum atomic E-state index is -0.719. The van der Waals surface area contributed by atoms with E-state index < -0.39 is 12.1 Å². The number of likely N-dealkylation sites (N-methyl/N-ethyl adjacent to an activating group) is 1. The van der Waals surface area contributed by atoms with Gasteiger partial charge in [-0.1, -0.05) is 17.9 Å². The number of amides is 2. The Morgan fingerprint density at radius 3 is 2.76 bits per heavy atom. The molecule has 2 atom stereocenters. The van der Waals surface area contributed by atoms with Gasteiger partial charge in [-0.3, -0.25) is 9.59 Å². The Balaban J connectivity index is 1.47. The van der Waals surface area contributed by atoms with Crippen molar-refractivity contribution in [1.82, 2.24) is 25.1 Å². The zero-order valence-electron chi connectivity index (χ0n) is 21.9. The van der Waals surface area contributed by atoms with E-state index in [0.717, 1.165) is 0 Å². The molecule has 2 aromatic rings. The number of hydrogen-bond acceptors (Lipinski definition) is 8. The number of carbonyl (C=O) groups excluding carboxylic acids is 2. The number of halogens is 1. The maximum atomic E-state index is 13.1. The first-order valence-corrected chi connectivity index (χ1v) is 12.4. The molecule has 1 aliphatic heterocycles. The van der Waals surface area contributed by atoms with Crippen LogP contribution in [0.4, 0.5) is 21.8 Å². The zero-order valence-corrected chi connectivity index (χ0v) is 21.9. The van der Waals surface area contributed by atoms with Gasteiger partial charge in [0, 0.05) is 51.3 Å². The van der Waals surface area contributed by atoms with Gasteiger partial charge in [0.25, 0.3) is 0 Å². The van der Waals surface area contributed by atoms with E-state index in [1.807, 2.05) is 19.0 Å². The summed E-state index contributed by atoms with van der Waals surface area (Å²) >= 11 is 0. The number of benzene rings is 1. The number of hydrogen-bond donors (Lipinski definition) is 4. The van der Waals surface area contributed by atoms with E-state index in [-0.39, 0.29) is 30.6 Å². The fourth-order valence-electron chi connectivity index (χ4n) is 3.82. The number of aromatic nitrogens is 2. The van der Waals surface area contributed by atoms with Gasteiger partial charge < -0.3 is 30.9 Å². The van der Waals surface area contributed by atoms with E-state index in [2.05, 4.69) is 37.8 Å². The minimum absolute atomic E-state index is 0.142. The smallest absolute Gasteiger partial charge is 0.247 e. The normalized spacial score (nSPS) is 16.8. The van der Waals surface area contributed by atoms with Gasteiger partial charge in [0.15, 0.2) is 0 Å². The number of aliphatic hydroxyl groups is 1. The maximum absolute atomic E-state index is 13.1. The summed E-state index contributed by atoms with van der Waals surface area (Å²) in [5.74, 6) is 6.12. The zero-order chi connectivity index (χ0) is 27.5. The van der Waals surface area contributed by atoms with Crippen molar-refractivity contribution in [2.45, 2.75) is 31.4 Å². The molecule has 4 N–H and O–H groups in total. The number of likely N-dealkylation sites (tertiary alicyclic amines) is 1. The van der Waals surface area contributed by atoms with Crippen LogP contribution in [-0.4, -0.2) is 89.6 Å². The van der Waals surface area contributed by atoms with Crippen LogP contribution in [0.3, 0.4) is 0 Å². The molecule has 1 aliphatic rings. The largest absolute Gasteiger partial charge is 0.391 e. The summed E-state index contributed by atoms with van der Waals surface area (Å²) in [5.41, 5.74) is 1.28.